The molecule has 0 spiro atoms. The number of furan rings is 1. The van der Waals surface area contributed by atoms with Crippen molar-refractivity contribution < 1.29 is 9.15 Å². The fourth-order valence-corrected chi connectivity index (χ4v) is 2.95. The largest absolute Gasteiger partial charge is 0.469 e. The summed E-state index contributed by atoms with van der Waals surface area (Å²) in [5.74, 6) is 1.03. The summed E-state index contributed by atoms with van der Waals surface area (Å²) in [7, 11) is 0. The molecule has 2 atom stereocenters. The van der Waals surface area contributed by atoms with E-state index in [4.69, 9.17) is 9.15 Å². The van der Waals surface area contributed by atoms with E-state index in [0.717, 1.165) is 18.6 Å². The van der Waals surface area contributed by atoms with Crippen LogP contribution in [0, 0.1) is 0 Å². The summed E-state index contributed by atoms with van der Waals surface area (Å²) in [5.41, 5.74) is -0.146. The average Bonchev–Trinajstić information content (AvgIpc) is 2.72. The highest BCUT2D eigenvalue weighted by Gasteiger charge is 2.45. The molecule has 0 amide bonds. The summed E-state index contributed by atoms with van der Waals surface area (Å²) in [4.78, 5) is 0. The van der Waals surface area contributed by atoms with Gasteiger partial charge in [0.15, 0.2) is 0 Å². The predicted octanol–water partition coefficient (Wildman–Crippen LogP) is 3.15. The lowest BCUT2D eigenvalue weighted by atomic mass is 9.93. The summed E-state index contributed by atoms with van der Waals surface area (Å²) in [6, 6.07) is 4.74. The maximum Gasteiger partial charge on any atom is 0.105 e. The van der Waals surface area contributed by atoms with Gasteiger partial charge in [-0.2, -0.15) is 0 Å². The van der Waals surface area contributed by atoms with Crippen molar-refractivity contribution in [2.75, 3.05) is 0 Å². The van der Waals surface area contributed by atoms with E-state index in [1.807, 2.05) is 12.1 Å². The average molecular weight is 251 g/mol. The van der Waals surface area contributed by atoms with Gasteiger partial charge < -0.3 is 14.5 Å². The van der Waals surface area contributed by atoms with Crippen LogP contribution in [0.2, 0.25) is 0 Å². The Morgan fingerprint density at radius 2 is 2.11 bits per heavy atom. The van der Waals surface area contributed by atoms with Crippen molar-refractivity contribution >= 4 is 0 Å². The van der Waals surface area contributed by atoms with E-state index >= 15 is 0 Å². The van der Waals surface area contributed by atoms with Gasteiger partial charge in [0, 0.05) is 18.5 Å². The van der Waals surface area contributed by atoms with E-state index in [1.165, 1.54) is 0 Å². The van der Waals surface area contributed by atoms with Gasteiger partial charge in [-0.05, 0) is 53.2 Å². The first kappa shape index (κ1) is 13.6. The number of ether oxygens (including phenoxy) is 1. The third-order valence-electron chi connectivity index (χ3n) is 3.65. The van der Waals surface area contributed by atoms with Gasteiger partial charge >= 0.3 is 0 Å². The highest BCUT2D eigenvalue weighted by Crippen LogP contribution is 2.37. The lowest BCUT2D eigenvalue weighted by Crippen LogP contribution is -2.47. The molecule has 0 aliphatic carbocycles. The SMILES string of the molecule is CC(Cc1ccco1)NC1CC(C)(C)OC1(C)C. The standard InChI is InChI=1S/C15H25NO2/c1-11(9-12-7-6-8-17-12)16-13-10-14(2,3)18-15(13,4)5/h6-8,11,13,16H,9-10H2,1-5H3. The second-order valence-corrected chi connectivity index (χ2v) is 6.57. The fourth-order valence-electron chi connectivity index (χ4n) is 2.95. The van der Waals surface area contributed by atoms with E-state index in [-0.39, 0.29) is 11.2 Å². The molecule has 102 valence electrons. The van der Waals surface area contributed by atoms with Crippen LogP contribution in [0.3, 0.4) is 0 Å². The third kappa shape index (κ3) is 3.15. The van der Waals surface area contributed by atoms with Crippen molar-refractivity contribution in [3.63, 3.8) is 0 Å². The molecular weight excluding hydrogens is 226 g/mol. The van der Waals surface area contributed by atoms with Gasteiger partial charge in [-0.25, -0.2) is 0 Å². The molecule has 1 saturated heterocycles. The van der Waals surface area contributed by atoms with E-state index in [1.54, 1.807) is 6.26 Å². The van der Waals surface area contributed by atoms with Gasteiger partial charge in [0.25, 0.3) is 0 Å². The Kier molecular flexibility index (Phi) is 3.56. The Labute approximate surface area is 110 Å². The Bertz CT molecular complexity index is 381. The van der Waals surface area contributed by atoms with Crippen molar-refractivity contribution in [1.29, 1.82) is 0 Å². The lowest BCUT2D eigenvalue weighted by molar-refractivity contribution is -0.0703. The normalized spacial score (nSPS) is 27.3. The van der Waals surface area contributed by atoms with E-state index < -0.39 is 0 Å². The van der Waals surface area contributed by atoms with Crippen LogP contribution in [0.5, 0.6) is 0 Å². The van der Waals surface area contributed by atoms with Gasteiger partial charge in [-0.15, -0.1) is 0 Å². The summed E-state index contributed by atoms with van der Waals surface area (Å²) in [6.07, 6.45) is 3.69. The van der Waals surface area contributed by atoms with Gasteiger partial charge in [-0.1, -0.05) is 0 Å². The van der Waals surface area contributed by atoms with Crippen LogP contribution in [-0.4, -0.2) is 23.3 Å². The second-order valence-electron chi connectivity index (χ2n) is 6.57. The first-order valence-electron chi connectivity index (χ1n) is 6.77. The molecule has 0 aromatic carbocycles. The Morgan fingerprint density at radius 1 is 1.39 bits per heavy atom. The van der Waals surface area contributed by atoms with Crippen LogP contribution in [-0.2, 0) is 11.2 Å². The van der Waals surface area contributed by atoms with Crippen LogP contribution in [0.1, 0.15) is 46.8 Å². The zero-order chi connectivity index (χ0) is 13.4. The molecule has 1 aliphatic heterocycles. The summed E-state index contributed by atoms with van der Waals surface area (Å²) in [6.45, 7) is 10.9. The molecule has 3 nitrogen and oxygen atoms in total. The summed E-state index contributed by atoms with van der Waals surface area (Å²) in [5, 5.41) is 3.68. The minimum Gasteiger partial charge on any atom is -0.469 e. The van der Waals surface area contributed by atoms with Crippen molar-refractivity contribution in [2.45, 2.75) is 70.7 Å². The molecule has 2 heterocycles. The van der Waals surface area contributed by atoms with E-state index in [0.29, 0.717) is 12.1 Å². The second kappa shape index (κ2) is 4.71. The zero-order valence-corrected chi connectivity index (χ0v) is 12.1. The van der Waals surface area contributed by atoms with Crippen LogP contribution in [0.15, 0.2) is 22.8 Å². The molecular formula is C15H25NO2. The molecule has 2 rings (SSSR count). The first-order valence-corrected chi connectivity index (χ1v) is 6.77. The number of rotatable bonds is 4. The molecule has 1 aromatic heterocycles. The third-order valence-corrected chi connectivity index (χ3v) is 3.65. The van der Waals surface area contributed by atoms with Crippen molar-refractivity contribution in [2.24, 2.45) is 0 Å². The minimum absolute atomic E-state index is 0.0361. The molecule has 1 N–H and O–H groups in total. The Hall–Kier alpha value is -0.800. The molecule has 3 heteroatoms. The number of hydrogen-bond donors (Lipinski definition) is 1. The van der Waals surface area contributed by atoms with Gasteiger partial charge in [0.1, 0.15) is 5.76 Å². The molecule has 1 aliphatic rings. The zero-order valence-electron chi connectivity index (χ0n) is 12.1. The highest BCUT2D eigenvalue weighted by molar-refractivity contribution is 5.03. The summed E-state index contributed by atoms with van der Waals surface area (Å²) < 4.78 is 11.5. The molecule has 0 saturated carbocycles. The van der Waals surface area contributed by atoms with Crippen molar-refractivity contribution in [1.82, 2.24) is 5.32 Å². The predicted molar refractivity (Wildman–Crippen MR) is 72.7 cm³/mol. The molecule has 1 fully saturated rings. The molecule has 0 radical (unpaired) electrons. The van der Waals surface area contributed by atoms with Crippen LogP contribution in [0.25, 0.3) is 0 Å². The van der Waals surface area contributed by atoms with Gasteiger partial charge in [0.2, 0.25) is 0 Å². The van der Waals surface area contributed by atoms with Gasteiger partial charge in [0.05, 0.1) is 17.5 Å². The fraction of sp³-hybridized carbons (Fsp3) is 0.733. The van der Waals surface area contributed by atoms with E-state index in [9.17, 15) is 0 Å². The molecule has 18 heavy (non-hydrogen) atoms. The smallest absolute Gasteiger partial charge is 0.105 e. The van der Waals surface area contributed by atoms with Gasteiger partial charge in [-0.3, -0.25) is 0 Å². The summed E-state index contributed by atoms with van der Waals surface area (Å²) >= 11 is 0. The van der Waals surface area contributed by atoms with E-state index in [2.05, 4.69) is 39.9 Å². The highest BCUT2D eigenvalue weighted by atomic mass is 16.5. The van der Waals surface area contributed by atoms with Crippen molar-refractivity contribution in [3.05, 3.63) is 24.2 Å². The topological polar surface area (TPSA) is 34.4 Å². The number of nitrogens with one attached hydrogen (secondary N) is 1. The Balaban J connectivity index is 1.93. The van der Waals surface area contributed by atoms with Crippen LogP contribution in [0.4, 0.5) is 0 Å². The maximum absolute atomic E-state index is 6.10. The van der Waals surface area contributed by atoms with Crippen LogP contribution < -0.4 is 5.32 Å². The van der Waals surface area contributed by atoms with Crippen molar-refractivity contribution in [3.8, 4) is 0 Å². The quantitative estimate of drug-likeness (QED) is 0.892. The Morgan fingerprint density at radius 3 is 2.61 bits per heavy atom. The molecule has 2 unspecified atom stereocenters. The minimum atomic E-state index is -0.110. The first-order chi connectivity index (χ1) is 8.28. The molecule has 0 bridgehead atoms. The maximum atomic E-state index is 6.10. The monoisotopic (exact) mass is 251 g/mol. The van der Waals surface area contributed by atoms with Crippen LogP contribution >= 0.6 is 0 Å². The number of hydrogen-bond acceptors (Lipinski definition) is 3. The molecule has 1 aromatic rings. The lowest BCUT2D eigenvalue weighted by Gasteiger charge is -2.29.